The molecule has 32 heavy (non-hydrogen) atoms. The first-order valence-electron chi connectivity index (χ1n) is 12.9. The number of ketones is 1. The van der Waals surface area contributed by atoms with Gasteiger partial charge in [0.2, 0.25) is 0 Å². The van der Waals surface area contributed by atoms with Gasteiger partial charge in [-0.05, 0) is 79.4 Å². The van der Waals surface area contributed by atoms with Crippen LogP contribution in [0.5, 0.6) is 0 Å². The van der Waals surface area contributed by atoms with Crippen LogP contribution in [-0.4, -0.2) is 50.6 Å². The summed E-state index contributed by atoms with van der Waals surface area (Å²) in [6, 6.07) is 0. The molecule has 0 spiro atoms. The van der Waals surface area contributed by atoms with E-state index in [-0.39, 0.29) is 46.4 Å². The van der Waals surface area contributed by atoms with Crippen molar-refractivity contribution in [2.24, 2.45) is 40.4 Å². The van der Waals surface area contributed by atoms with Crippen molar-refractivity contribution in [1.82, 2.24) is 0 Å². The number of rotatable bonds is 5. The summed E-state index contributed by atoms with van der Waals surface area (Å²) in [5, 5.41) is 42.4. The number of Topliss-reactive ketones (excluding diaryl/α,β-unsaturated/α-hetero) is 1. The predicted octanol–water partition coefficient (Wildman–Crippen LogP) is 3.62. The van der Waals surface area contributed by atoms with Gasteiger partial charge >= 0.3 is 0 Å². The van der Waals surface area contributed by atoms with Crippen LogP contribution in [0.4, 0.5) is 0 Å². The van der Waals surface area contributed by atoms with Crippen LogP contribution in [0.25, 0.3) is 0 Å². The molecule has 4 rings (SSSR count). The molecule has 0 heterocycles. The van der Waals surface area contributed by atoms with E-state index >= 15 is 0 Å². The fourth-order valence-corrected chi connectivity index (χ4v) is 8.30. The molecule has 5 heteroatoms. The molecule has 5 nitrogen and oxygen atoms in total. The largest absolute Gasteiger partial charge is 0.393 e. The number of hydrogen-bond donors (Lipinski definition) is 4. The number of carbonyl (C=O) groups is 1. The van der Waals surface area contributed by atoms with Crippen LogP contribution in [0.3, 0.4) is 0 Å². The lowest BCUT2D eigenvalue weighted by atomic mass is 9.47. The van der Waals surface area contributed by atoms with Crippen LogP contribution in [0, 0.1) is 40.4 Å². The minimum atomic E-state index is -0.900. The Morgan fingerprint density at radius 3 is 2.31 bits per heavy atom. The van der Waals surface area contributed by atoms with Crippen LogP contribution in [0.1, 0.15) is 86.0 Å². The second-order valence-electron chi connectivity index (χ2n) is 12.4. The van der Waals surface area contributed by atoms with Gasteiger partial charge in [0.05, 0.1) is 24.4 Å². The van der Waals surface area contributed by atoms with Crippen LogP contribution in [0.15, 0.2) is 11.1 Å². The molecule has 3 saturated carbocycles. The van der Waals surface area contributed by atoms with Crippen molar-refractivity contribution in [3.8, 4) is 0 Å². The van der Waals surface area contributed by atoms with E-state index in [0.29, 0.717) is 25.2 Å². The standard InChI is InChI=1S/C27H44O5/c1-14(2)19(28)7-6-15(3)18-13-22(31)23-16-12-21(30)24-25(32)20(29)9-11-26(24,4)17(16)8-10-27(18,23)5/h14-15,17-21,24-25,28-30,32H,6-13H2,1-5H3/t15-,17+,18-,19+,20+,21?,24?,25+,26-,27-/m1/s1. The molecule has 10 atom stereocenters. The first-order chi connectivity index (χ1) is 14.9. The molecule has 0 aromatic rings. The highest BCUT2D eigenvalue weighted by Crippen LogP contribution is 2.65. The Bertz CT molecular complexity index is 774. The van der Waals surface area contributed by atoms with Crippen molar-refractivity contribution in [3.63, 3.8) is 0 Å². The lowest BCUT2D eigenvalue weighted by Gasteiger charge is -2.59. The molecule has 0 aromatic heterocycles. The minimum Gasteiger partial charge on any atom is -0.393 e. The summed E-state index contributed by atoms with van der Waals surface area (Å²) in [5.41, 5.74) is 1.68. The Balaban J connectivity index is 1.64. The third-order valence-corrected chi connectivity index (χ3v) is 10.3. The summed E-state index contributed by atoms with van der Waals surface area (Å²) in [4.78, 5) is 13.4. The quantitative estimate of drug-likeness (QED) is 0.515. The van der Waals surface area contributed by atoms with Crippen molar-refractivity contribution in [3.05, 3.63) is 11.1 Å². The summed E-state index contributed by atoms with van der Waals surface area (Å²) in [6.45, 7) is 10.8. The number of aliphatic hydroxyl groups excluding tert-OH is 4. The maximum Gasteiger partial charge on any atom is 0.159 e. The van der Waals surface area contributed by atoms with E-state index in [0.717, 1.165) is 43.3 Å². The van der Waals surface area contributed by atoms with E-state index in [1.54, 1.807) is 0 Å². The van der Waals surface area contributed by atoms with Gasteiger partial charge in [-0.15, -0.1) is 0 Å². The predicted molar refractivity (Wildman–Crippen MR) is 124 cm³/mol. The average Bonchev–Trinajstić information content (AvgIpc) is 2.99. The van der Waals surface area contributed by atoms with Crippen LogP contribution in [0.2, 0.25) is 0 Å². The number of aliphatic hydroxyl groups is 4. The zero-order chi connectivity index (χ0) is 23.6. The molecular weight excluding hydrogens is 404 g/mol. The van der Waals surface area contributed by atoms with E-state index in [1.807, 2.05) is 13.8 Å². The Morgan fingerprint density at radius 1 is 0.969 bits per heavy atom. The zero-order valence-corrected chi connectivity index (χ0v) is 20.6. The molecule has 4 aliphatic rings. The molecule has 0 saturated heterocycles. The van der Waals surface area contributed by atoms with Gasteiger partial charge in [-0.3, -0.25) is 4.79 Å². The maximum absolute atomic E-state index is 13.4. The topological polar surface area (TPSA) is 98.0 Å². The monoisotopic (exact) mass is 448 g/mol. The first kappa shape index (κ1) is 24.4. The highest BCUT2D eigenvalue weighted by molar-refractivity contribution is 6.00. The molecule has 0 aromatic carbocycles. The van der Waals surface area contributed by atoms with Crippen LogP contribution < -0.4 is 0 Å². The Labute approximate surface area is 193 Å². The van der Waals surface area contributed by atoms with E-state index < -0.39 is 18.3 Å². The second-order valence-corrected chi connectivity index (χ2v) is 12.4. The highest BCUT2D eigenvalue weighted by Gasteiger charge is 2.61. The lowest BCUT2D eigenvalue weighted by molar-refractivity contribution is -0.166. The summed E-state index contributed by atoms with van der Waals surface area (Å²) in [5.74, 6) is 0.988. The van der Waals surface area contributed by atoms with Gasteiger partial charge in [-0.1, -0.05) is 40.2 Å². The Kier molecular flexibility index (Phi) is 6.46. The van der Waals surface area contributed by atoms with Crippen molar-refractivity contribution in [2.45, 2.75) is 110 Å². The van der Waals surface area contributed by atoms with E-state index in [1.165, 1.54) is 0 Å². The molecule has 0 amide bonds. The van der Waals surface area contributed by atoms with Gasteiger partial charge in [0.1, 0.15) is 0 Å². The van der Waals surface area contributed by atoms with Crippen molar-refractivity contribution < 1.29 is 25.2 Å². The van der Waals surface area contributed by atoms with E-state index in [9.17, 15) is 25.2 Å². The molecule has 4 aliphatic carbocycles. The molecule has 2 unspecified atom stereocenters. The molecule has 3 fully saturated rings. The number of fused-ring (bicyclic) bond motifs is 4. The fourth-order valence-electron chi connectivity index (χ4n) is 8.30. The van der Waals surface area contributed by atoms with Crippen LogP contribution >= 0.6 is 0 Å². The second kappa shape index (κ2) is 8.48. The molecule has 0 aliphatic heterocycles. The molecule has 182 valence electrons. The number of hydrogen-bond acceptors (Lipinski definition) is 5. The summed E-state index contributed by atoms with van der Waals surface area (Å²) < 4.78 is 0. The summed E-state index contributed by atoms with van der Waals surface area (Å²) in [6.07, 6.45) is 3.26. The van der Waals surface area contributed by atoms with Gasteiger partial charge in [0.25, 0.3) is 0 Å². The summed E-state index contributed by atoms with van der Waals surface area (Å²) in [7, 11) is 0. The normalized spacial score (nSPS) is 46.0. The van der Waals surface area contributed by atoms with Gasteiger partial charge < -0.3 is 20.4 Å². The van der Waals surface area contributed by atoms with Crippen molar-refractivity contribution >= 4 is 5.78 Å². The SMILES string of the molecule is CC(C)[C@@H](O)CC[C@@H](C)[C@H]1CC(=O)C2=C3CC(O)C4[C@@H](O)[C@@H](O)CC[C@]4(C)[C@H]3CC[C@@]21C. The lowest BCUT2D eigenvalue weighted by Crippen LogP contribution is -2.59. The fraction of sp³-hybridized carbons (Fsp3) is 0.889. The smallest absolute Gasteiger partial charge is 0.159 e. The van der Waals surface area contributed by atoms with Gasteiger partial charge in [-0.25, -0.2) is 0 Å². The third-order valence-electron chi connectivity index (χ3n) is 10.3. The van der Waals surface area contributed by atoms with Gasteiger partial charge in [-0.2, -0.15) is 0 Å². The highest BCUT2D eigenvalue weighted by atomic mass is 16.3. The van der Waals surface area contributed by atoms with Crippen molar-refractivity contribution in [2.75, 3.05) is 0 Å². The van der Waals surface area contributed by atoms with E-state index in [4.69, 9.17) is 0 Å². The third kappa shape index (κ3) is 3.62. The molecule has 0 bridgehead atoms. The zero-order valence-electron chi connectivity index (χ0n) is 20.6. The first-order valence-corrected chi connectivity index (χ1v) is 12.9. The van der Waals surface area contributed by atoms with Crippen LogP contribution in [-0.2, 0) is 4.79 Å². The van der Waals surface area contributed by atoms with Gasteiger partial charge in [0.15, 0.2) is 5.78 Å². The average molecular weight is 449 g/mol. The van der Waals surface area contributed by atoms with Crippen molar-refractivity contribution in [1.29, 1.82) is 0 Å². The van der Waals surface area contributed by atoms with E-state index in [2.05, 4.69) is 20.8 Å². The van der Waals surface area contributed by atoms with Gasteiger partial charge in [0, 0.05) is 17.9 Å². The molecule has 0 radical (unpaired) electrons. The number of carbonyl (C=O) groups excluding carboxylic acids is 1. The minimum absolute atomic E-state index is 0.166. The maximum atomic E-state index is 13.4. The number of allylic oxidation sites excluding steroid dienone is 1. The molecular formula is C27H44O5. The summed E-state index contributed by atoms with van der Waals surface area (Å²) >= 11 is 0. The Morgan fingerprint density at radius 2 is 1.66 bits per heavy atom. The molecule has 4 N–H and O–H groups in total. The Hall–Kier alpha value is -0.750.